The number of aryl methyl sites for hydroxylation is 1. The fourth-order valence-corrected chi connectivity index (χ4v) is 6.83. The summed E-state index contributed by atoms with van der Waals surface area (Å²) in [6, 6.07) is 10.3. The van der Waals surface area contributed by atoms with Gasteiger partial charge in [0.05, 0.1) is 35.9 Å². The molecular weight excluding hydrogens is 584 g/mol. The number of nitrogens with zero attached hydrogens (tertiary/aromatic N) is 1. The van der Waals surface area contributed by atoms with Gasteiger partial charge in [-0.2, -0.15) is 26.3 Å². The van der Waals surface area contributed by atoms with E-state index >= 15 is 0 Å². The quantitative estimate of drug-likeness (QED) is 0.267. The average molecular weight is 618 g/mol. The lowest BCUT2D eigenvalue weighted by atomic mass is 9.53. The average Bonchev–Trinajstić information content (AvgIpc) is 2.96. The lowest BCUT2D eigenvalue weighted by Gasteiger charge is -2.51. The summed E-state index contributed by atoms with van der Waals surface area (Å²) in [5.41, 5.74) is 8.90. The van der Waals surface area contributed by atoms with E-state index in [1.807, 2.05) is 44.2 Å². The molecule has 2 aromatic carbocycles. The fourth-order valence-electron chi connectivity index (χ4n) is 6.83. The SMILES string of the molecule is COc1cc(NC(=O)[C@H]2[C@H](C(F)(F)F)CC=C3[C@@H]2CCC2=CC(=Nc4ccc(C)cc4)C(=CN)C[C@@]23C)cc(C(F)(F)F)c1. The summed E-state index contributed by atoms with van der Waals surface area (Å²) in [4.78, 5) is 18.5. The molecule has 0 spiro atoms. The van der Waals surface area contributed by atoms with Crippen LogP contribution in [0.1, 0.15) is 43.7 Å². The van der Waals surface area contributed by atoms with Crippen LogP contribution in [0.4, 0.5) is 37.7 Å². The predicted octanol–water partition coefficient (Wildman–Crippen LogP) is 8.45. The zero-order valence-electron chi connectivity index (χ0n) is 24.4. The highest BCUT2D eigenvalue weighted by Crippen LogP contribution is 2.59. The van der Waals surface area contributed by atoms with Gasteiger partial charge in [0.25, 0.3) is 0 Å². The number of hydrogen-bond donors (Lipinski definition) is 2. The van der Waals surface area contributed by atoms with Crippen LogP contribution in [0.3, 0.4) is 0 Å². The zero-order chi connectivity index (χ0) is 32.0. The Morgan fingerprint density at radius 1 is 1.11 bits per heavy atom. The molecule has 44 heavy (non-hydrogen) atoms. The van der Waals surface area contributed by atoms with Crippen molar-refractivity contribution >= 4 is 23.0 Å². The molecule has 1 amide bonds. The first-order valence-corrected chi connectivity index (χ1v) is 14.3. The lowest BCUT2D eigenvalue weighted by molar-refractivity contribution is -0.196. The van der Waals surface area contributed by atoms with Crippen molar-refractivity contribution in [1.29, 1.82) is 0 Å². The second-order valence-corrected chi connectivity index (χ2v) is 11.9. The molecule has 234 valence electrons. The molecule has 3 aliphatic carbocycles. The summed E-state index contributed by atoms with van der Waals surface area (Å²) < 4.78 is 88.6. The van der Waals surface area contributed by atoms with Gasteiger partial charge in [-0.05, 0) is 80.6 Å². The summed E-state index contributed by atoms with van der Waals surface area (Å²) in [6.07, 6.45) is -3.79. The van der Waals surface area contributed by atoms with Crippen molar-refractivity contribution in [2.24, 2.45) is 33.9 Å². The Bertz CT molecular complexity index is 1570. The number of methoxy groups -OCH3 is 1. The van der Waals surface area contributed by atoms with E-state index in [9.17, 15) is 31.1 Å². The number of benzene rings is 2. The van der Waals surface area contributed by atoms with Gasteiger partial charge in [-0.1, -0.05) is 41.8 Å². The molecule has 5 rings (SSSR count). The Labute approximate surface area is 251 Å². The number of carbonyl (C=O) groups excluding carboxylic acids is 1. The minimum absolute atomic E-state index is 0.182. The maximum atomic E-state index is 14.4. The van der Waals surface area contributed by atoms with Crippen molar-refractivity contribution < 1.29 is 35.9 Å². The molecule has 0 aliphatic heterocycles. The van der Waals surface area contributed by atoms with Gasteiger partial charge < -0.3 is 15.8 Å². The van der Waals surface area contributed by atoms with E-state index in [1.54, 1.807) is 6.08 Å². The number of ether oxygens (including phenoxy) is 1. The topological polar surface area (TPSA) is 76.7 Å². The molecule has 11 heteroatoms. The summed E-state index contributed by atoms with van der Waals surface area (Å²) in [6.45, 7) is 3.92. The van der Waals surface area contributed by atoms with Gasteiger partial charge in [-0.25, -0.2) is 4.99 Å². The Morgan fingerprint density at radius 3 is 2.43 bits per heavy atom. The Hall–Kier alpha value is -4.02. The molecule has 0 bridgehead atoms. The highest BCUT2D eigenvalue weighted by Gasteiger charge is 2.56. The molecule has 1 saturated carbocycles. The minimum Gasteiger partial charge on any atom is -0.497 e. The van der Waals surface area contributed by atoms with Gasteiger partial charge in [0, 0.05) is 17.2 Å². The minimum atomic E-state index is -4.75. The van der Waals surface area contributed by atoms with Crippen molar-refractivity contribution in [1.82, 2.24) is 0 Å². The molecule has 1 fully saturated rings. The number of hydrogen-bond acceptors (Lipinski definition) is 4. The first-order chi connectivity index (χ1) is 20.6. The molecule has 0 aromatic heterocycles. The molecule has 0 radical (unpaired) electrons. The highest BCUT2D eigenvalue weighted by molar-refractivity contribution is 6.11. The van der Waals surface area contributed by atoms with Crippen LogP contribution in [-0.2, 0) is 11.0 Å². The summed E-state index contributed by atoms with van der Waals surface area (Å²) in [5, 5.41) is 2.37. The molecule has 0 saturated heterocycles. The fraction of sp³-hybridized carbons (Fsp3) is 0.394. The molecule has 3 aliphatic rings. The van der Waals surface area contributed by atoms with Crippen molar-refractivity contribution in [3.05, 3.63) is 88.7 Å². The second-order valence-electron chi connectivity index (χ2n) is 11.9. The highest BCUT2D eigenvalue weighted by atomic mass is 19.4. The van der Waals surface area contributed by atoms with Crippen LogP contribution in [0.15, 0.2) is 82.5 Å². The van der Waals surface area contributed by atoms with Crippen molar-refractivity contribution in [3.63, 3.8) is 0 Å². The number of nitrogens with one attached hydrogen (secondary N) is 1. The van der Waals surface area contributed by atoms with E-state index in [2.05, 4.69) is 5.32 Å². The van der Waals surface area contributed by atoms with E-state index in [0.717, 1.165) is 41.6 Å². The Morgan fingerprint density at radius 2 is 1.82 bits per heavy atom. The van der Waals surface area contributed by atoms with E-state index in [0.29, 0.717) is 30.2 Å². The van der Waals surface area contributed by atoms with Gasteiger partial charge in [0.2, 0.25) is 5.91 Å². The monoisotopic (exact) mass is 617 g/mol. The Balaban J connectivity index is 1.51. The molecule has 2 aromatic rings. The lowest BCUT2D eigenvalue weighted by Crippen LogP contribution is -2.49. The van der Waals surface area contributed by atoms with Gasteiger partial charge in [0.1, 0.15) is 5.75 Å². The summed E-state index contributed by atoms with van der Waals surface area (Å²) >= 11 is 0. The number of carbonyl (C=O) groups is 1. The largest absolute Gasteiger partial charge is 0.497 e. The maximum Gasteiger partial charge on any atom is 0.416 e. The van der Waals surface area contributed by atoms with E-state index in [-0.39, 0.29) is 17.9 Å². The third-order valence-electron chi connectivity index (χ3n) is 9.06. The third-order valence-corrected chi connectivity index (χ3v) is 9.06. The molecule has 0 unspecified atom stereocenters. The van der Waals surface area contributed by atoms with Crippen LogP contribution in [0, 0.1) is 30.1 Å². The van der Waals surface area contributed by atoms with Gasteiger partial charge in [-0.3, -0.25) is 4.79 Å². The van der Waals surface area contributed by atoms with Crippen LogP contribution in [-0.4, -0.2) is 24.9 Å². The van der Waals surface area contributed by atoms with E-state index in [1.165, 1.54) is 6.20 Å². The number of alkyl halides is 6. The van der Waals surface area contributed by atoms with Crippen LogP contribution < -0.4 is 15.8 Å². The van der Waals surface area contributed by atoms with Crippen LogP contribution in [0.25, 0.3) is 0 Å². The van der Waals surface area contributed by atoms with Crippen LogP contribution in [0.2, 0.25) is 0 Å². The van der Waals surface area contributed by atoms with Gasteiger partial charge in [-0.15, -0.1) is 0 Å². The number of aliphatic imine (C=N–C) groups is 1. The second kappa shape index (κ2) is 11.5. The van der Waals surface area contributed by atoms with Gasteiger partial charge >= 0.3 is 12.4 Å². The Kier molecular flexibility index (Phi) is 8.20. The third kappa shape index (κ3) is 6.01. The molecule has 4 atom stereocenters. The smallest absolute Gasteiger partial charge is 0.416 e. The van der Waals surface area contributed by atoms with Crippen molar-refractivity contribution in [2.45, 2.75) is 51.9 Å². The number of rotatable bonds is 4. The van der Waals surface area contributed by atoms with E-state index in [4.69, 9.17) is 15.5 Å². The van der Waals surface area contributed by atoms with Crippen LogP contribution >= 0.6 is 0 Å². The summed E-state index contributed by atoms with van der Waals surface area (Å²) in [5.74, 6) is -5.48. The maximum absolute atomic E-state index is 14.4. The normalized spacial score (nSPS) is 27.2. The molecule has 3 N–H and O–H groups in total. The number of anilines is 1. The van der Waals surface area contributed by atoms with E-state index < -0.39 is 53.4 Å². The predicted molar refractivity (Wildman–Crippen MR) is 156 cm³/mol. The first-order valence-electron chi connectivity index (χ1n) is 14.3. The number of allylic oxidation sites excluding steroid dienone is 5. The number of amides is 1. The van der Waals surface area contributed by atoms with Crippen molar-refractivity contribution in [3.8, 4) is 5.75 Å². The molecule has 5 nitrogen and oxygen atoms in total. The number of fused-ring (bicyclic) bond motifs is 3. The zero-order valence-corrected chi connectivity index (χ0v) is 24.4. The number of nitrogens with two attached hydrogens (primary N) is 1. The molecular formula is C33H33F6N3O2. The summed E-state index contributed by atoms with van der Waals surface area (Å²) in [7, 11) is 1.16. The van der Waals surface area contributed by atoms with Crippen molar-refractivity contribution in [2.75, 3.05) is 12.4 Å². The number of halogens is 6. The van der Waals surface area contributed by atoms with Crippen LogP contribution in [0.5, 0.6) is 5.75 Å². The first kappa shape index (κ1) is 31.4. The standard InChI is InChI=1S/C33H33F6N3O2/c1-18-4-7-22(8-5-18)41-28-14-20-6-9-25-26(31(20,2)16-19(28)17-40)10-11-27(33(37,38)39)29(25)30(43)42-23-12-21(32(34,35)36)13-24(15-23)44-3/h4-5,7-8,10,12-15,17,25,27,29H,6,9,11,16,40H2,1-3H3,(H,42,43)/t25-,27+,29+,31-/m0/s1. The van der Waals surface area contributed by atoms with Gasteiger partial charge in [0.15, 0.2) is 0 Å². The molecule has 0 heterocycles.